The van der Waals surface area contributed by atoms with Crippen molar-refractivity contribution in [2.75, 3.05) is 0 Å². The van der Waals surface area contributed by atoms with Crippen LogP contribution in [0, 0.1) is 5.92 Å². The molecule has 2 aromatic rings. The predicted octanol–water partition coefficient (Wildman–Crippen LogP) is 4.20. The number of carbonyl (C=O) groups is 1. The lowest BCUT2D eigenvalue weighted by atomic mass is 10.0. The summed E-state index contributed by atoms with van der Waals surface area (Å²) < 4.78 is 66.5. The fraction of sp³-hybridized carbons (Fsp3) is 0.350. The zero-order valence-electron chi connectivity index (χ0n) is 15.8. The van der Waals surface area contributed by atoms with Gasteiger partial charge in [-0.1, -0.05) is 30.2 Å². The standard InChI is InChI=1S/C20H20ClF3N2O3S/c21-15-8-10-16(11-9-15)30(28,29)26(18-3-1-2-17(18)19(25)27)12-13-4-6-14(7-5-13)20(22,23)24/h4-11,17-18H,1-3,12H2,(H2,25,27)/t17-,18+/m0/s1. The first kappa shape index (κ1) is 22.6. The minimum atomic E-state index is -4.49. The number of hydrogen-bond acceptors (Lipinski definition) is 3. The molecule has 2 aromatic carbocycles. The third-order valence-corrected chi connectivity index (χ3v) is 7.39. The largest absolute Gasteiger partial charge is 0.416 e. The van der Waals surface area contributed by atoms with Gasteiger partial charge in [-0.15, -0.1) is 0 Å². The Hall–Kier alpha value is -2.10. The Morgan fingerprint density at radius 3 is 2.20 bits per heavy atom. The number of primary amides is 1. The molecular weight excluding hydrogens is 441 g/mol. The van der Waals surface area contributed by atoms with Gasteiger partial charge in [0.15, 0.2) is 0 Å². The molecule has 0 aromatic heterocycles. The quantitative estimate of drug-likeness (QED) is 0.701. The summed E-state index contributed by atoms with van der Waals surface area (Å²) in [6, 6.07) is 9.19. The van der Waals surface area contributed by atoms with Gasteiger partial charge in [0.2, 0.25) is 15.9 Å². The number of carbonyl (C=O) groups excluding carboxylic acids is 1. The van der Waals surface area contributed by atoms with E-state index in [9.17, 15) is 26.4 Å². The molecule has 0 saturated heterocycles. The maximum absolute atomic E-state index is 13.4. The summed E-state index contributed by atoms with van der Waals surface area (Å²) >= 11 is 5.85. The number of nitrogens with zero attached hydrogens (tertiary/aromatic N) is 1. The summed E-state index contributed by atoms with van der Waals surface area (Å²) in [7, 11) is -4.06. The van der Waals surface area contributed by atoms with Gasteiger partial charge in [0, 0.05) is 17.6 Å². The Morgan fingerprint density at radius 1 is 1.07 bits per heavy atom. The van der Waals surface area contributed by atoms with Gasteiger partial charge in [-0.2, -0.15) is 17.5 Å². The lowest BCUT2D eigenvalue weighted by molar-refractivity contribution is -0.137. The zero-order valence-corrected chi connectivity index (χ0v) is 17.3. The van der Waals surface area contributed by atoms with Crippen LogP contribution in [-0.4, -0.2) is 24.7 Å². The van der Waals surface area contributed by atoms with Crippen LogP contribution in [0.15, 0.2) is 53.4 Å². The van der Waals surface area contributed by atoms with Crippen LogP contribution >= 0.6 is 11.6 Å². The second-order valence-electron chi connectivity index (χ2n) is 7.21. The minimum Gasteiger partial charge on any atom is -0.369 e. The maximum atomic E-state index is 13.4. The number of halogens is 4. The predicted molar refractivity (Wildman–Crippen MR) is 106 cm³/mol. The van der Waals surface area contributed by atoms with E-state index in [0.717, 1.165) is 12.1 Å². The molecule has 10 heteroatoms. The third kappa shape index (κ3) is 4.79. The zero-order chi connectivity index (χ0) is 22.1. The van der Waals surface area contributed by atoms with Crippen LogP contribution in [0.2, 0.25) is 5.02 Å². The number of amides is 1. The van der Waals surface area contributed by atoms with Gasteiger partial charge in [0.05, 0.1) is 16.4 Å². The van der Waals surface area contributed by atoms with Gasteiger partial charge in [-0.05, 0) is 54.8 Å². The van der Waals surface area contributed by atoms with Gasteiger partial charge >= 0.3 is 6.18 Å². The Morgan fingerprint density at radius 2 is 1.67 bits per heavy atom. The van der Waals surface area contributed by atoms with Crippen LogP contribution in [0.3, 0.4) is 0 Å². The molecule has 1 aliphatic carbocycles. The molecule has 0 heterocycles. The molecule has 30 heavy (non-hydrogen) atoms. The fourth-order valence-electron chi connectivity index (χ4n) is 3.72. The molecule has 1 amide bonds. The molecule has 1 aliphatic rings. The van der Waals surface area contributed by atoms with Gasteiger partial charge in [0.1, 0.15) is 0 Å². The first-order valence-electron chi connectivity index (χ1n) is 9.23. The molecular formula is C20H20ClF3N2O3S. The molecule has 1 fully saturated rings. The van der Waals surface area contributed by atoms with Crippen molar-refractivity contribution in [3.8, 4) is 0 Å². The van der Waals surface area contributed by atoms with Crippen molar-refractivity contribution in [3.05, 3.63) is 64.7 Å². The van der Waals surface area contributed by atoms with E-state index in [1.807, 2.05) is 0 Å². The molecule has 0 radical (unpaired) electrons. The number of alkyl halides is 3. The highest BCUT2D eigenvalue weighted by Crippen LogP contribution is 2.35. The topological polar surface area (TPSA) is 80.5 Å². The lowest BCUT2D eigenvalue weighted by Crippen LogP contribution is -2.45. The average Bonchev–Trinajstić information content (AvgIpc) is 3.15. The van der Waals surface area contributed by atoms with E-state index in [1.165, 1.54) is 40.7 Å². The molecule has 2 atom stereocenters. The van der Waals surface area contributed by atoms with E-state index in [1.54, 1.807) is 0 Å². The average molecular weight is 461 g/mol. The fourth-order valence-corrected chi connectivity index (χ4v) is 5.52. The van der Waals surface area contributed by atoms with Crippen molar-refractivity contribution < 1.29 is 26.4 Å². The van der Waals surface area contributed by atoms with Crippen molar-refractivity contribution in [3.63, 3.8) is 0 Å². The Bertz CT molecular complexity index is 1010. The van der Waals surface area contributed by atoms with E-state index in [-0.39, 0.29) is 11.4 Å². The second-order valence-corrected chi connectivity index (χ2v) is 9.53. The molecule has 0 aliphatic heterocycles. The molecule has 1 saturated carbocycles. The molecule has 0 unspecified atom stereocenters. The number of sulfonamides is 1. The van der Waals surface area contributed by atoms with E-state index >= 15 is 0 Å². The summed E-state index contributed by atoms with van der Waals surface area (Å²) in [5.74, 6) is -1.26. The number of nitrogens with two attached hydrogens (primary N) is 1. The Balaban J connectivity index is 1.99. The van der Waals surface area contributed by atoms with Crippen LogP contribution in [0.25, 0.3) is 0 Å². The summed E-state index contributed by atoms with van der Waals surface area (Å²) in [4.78, 5) is 11.9. The van der Waals surface area contributed by atoms with E-state index in [2.05, 4.69) is 0 Å². The molecule has 3 rings (SSSR count). The van der Waals surface area contributed by atoms with Gasteiger partial charge < -0.3 is 5.73 Å². The van der Waals surface area contributed by atoms with Gasteiger partial charge in [-0.25, -0.2) is 8.42 Å². The molecule has 5 nitrogen and oxygen atoms in total. The second kappa shape index (κ2) is 8.56. The Labute approximate surface area is 177 Å². The van der Waals surface area contributed by atoms with Crippen molar-refractivity contribution in [2.45, 2.75) is 42.9 Å². The summed E-state index contributed by atoms with van der Waals surface area (Å²) in [6.07, 6.45) is -2.98. The molecule has 0 spiro atoms. The lowest BCUT2D eigenvalue weighted by Gasteiger charge is -2.31. The summed E-state index contributed by atoms with van der Waals surface area (Å²) in [6.45, 7) is -0.183. The van der Waals surface area contributed by atoms with Gasteiger partial charge in [0.25, 0.3) is 0 Å². The maximum Gasteiger partial charge on any atom is 0.416 e. The van der Waals surface area contributed by atoms with E-state index < -0.39 is 39.6 Å². The number of benzene rings is 2. The van der Waals surface area contributed by atoms with Crippen LogP contribution in [0.5, 0.6) is 0 Å². The highest BCUT2D eigenvalue weighted by molar-refractivity contribution is 7.89. The van der Waals surface area contributed by atoms with Crippen LogP contribution in [0.1, 0.15) is 30.4 Å². The van der Waals surface area contributed by atoms with Crippen molar-refractivity contribution in [1.29, 1.82) is 0 Å². The van der Waals surface area contributed by atoms with E-state index in [0.29, 0.717) is 29.8 Å². The summed E-state index contributed by atoms with van der Waals surface area (Å²) in [5, 5.41) is 0.360. The van der Waals surface area contributed by atoms with Gasteiger partial charge in [-0.3, -0.25) is 4.79 Å². The van der Waals surface area contributed by atoms with Crippen molar-refractivity contribution in [2.24, 2.45) is 11.7 Å². The van der Waals surface area contributed by atoms with Crippen LogP contribution in [-0.2, 0) is 27.5 Å². The third-order valence-electron chi connectivity index (χ3n) is 5.25. The number of rotatable bonds is 6. The number of hydrogen-bond donors (Lipinski definition) is 1. The SMILES string of the molecule is NC(=O)[C@H]1CCC[C@H]1N(Cc1ccc(C(F)(F)F)cc1)S(=O)(=O)c1ccc(Cl)cc1. The van der Waals surface area contributed by atoms with Crippen molar-refractivity contribution >= 4 is 27.5 Å². The first-order chi connectivity index (χ1) is 14.0. The molecule has 0 bridgehead atoms. The van der Waals surface area contributed by atoms with Crippen LogP contribution < -0.4 is 5.73 Å². The van der Waals surface area contributed by atoms with Crippen molar-refractivity contribution in [1.82, 2.24) is 4.31 Å². The monoisotopic (exact) mass is 460 g/mol. The van der Waals surface area contributed by atoms with E-state index in [4.69, 9.17) is 17.3 Å². The van der Waals surface area contributed by atoms with Crippen LogP contribution in [0.4, 0.5) is 13.2 Å². The highest BCUT2D eigenvalue weighted by atomic mass is 35.5. The normalized spacial score (nSPS) is 19.9. The first-order valence-corrected chi connectivity index (χ1v) is 11.0. The minimum absolute atomic E-state index is 0.0195. The summed E-state index contributed by atoms with van der Waals surface area (Å²) in [5.41, 5.74) is 5.03. The smallest absolute Gasteiger partial charge is 0.369 e. The molecule has 2 N–H and O–H groups in total. The Kier molecular flexibility index (Phi) is 6.45. The highest BCUT2D eigenvalue weighted by Gasteiger charge is 2.41. The molecule has 162 valence electrons.